The molecule has 0 heteroatoms. The maximum Gasteiger partial charge on any atom is -0.0279 e. The maximum atomic E-state index is 3.72. The summed E-state index contributed by atoms with van der Waals surface area (Å²) in [4.78, 5) is 0. The second-order valence-corrected chi connectivity index (χ2v) is 2.28. The second kappa shape index (κ2) is 12.6. The largest absolute Gasteiger partial charge is 0.106 e. The Balaban J connectivity index is 0. The van der Waals surface area contributed by atoms with Gasteiger partial charge in [-0.15, -0.1) is 13.2 Å². The van der Waals surface area contributed by atoms with E-state index in [1.807, 2.05) is 18.2 Å². The second-order valence-electron chi connectivity index (χ2n) is 2.28. The third-order valence-corrected chi connectivity index (χ3v) is 1.41. The SMILES string of the molecule is C=C.C=C/C=C(\C=C)CCCC. The van der Waals surface area contributed by atoms with Crippen LogP contribution in [0.3, 0.4) is 0 Å². The maximum absolute atomic E-state index is 3.72. The number of hydrogen-bond donors (Lipinski definition) is 0. The molecule has 0 radical (unpaired) electrons. The predicted molar refractivity (Wildman–Crippen MR) is 59.3 cm³/mol. The van der Waals surface area contributed by atoms with E-state index in [2.05, 4.69) is 33.2 Å². The lowest BCUT2D eigenvalue weighted by atomic mass is 10.1. The van der Waals surface area contributed by atoms with E-state index in [9.17, 15) is 0 Å². The molecule has 0 saturated carbocycles. The Labute approximate surface area is 77.0 Å². The van der Waals surface area contributed by atoms with E-state index in [1.165, 1.54) is 18.4 Å². The zero-order valence-corrected chi connectivity index (χ0v) is 8.18. The van der Waals surface area contributed by atoms with E-state index >= 15 is 0 Å². The quantitative estimate of drug-likeness (QED) is 0.420. The lowest BCUT2D eigenvalue weighted by molar-refractivity contribution is 0.798. The molecule has 0 heterocycles. The van der Waals surface area contributed by atoms with Crippen molar-refractivity contribution in [1.82, 2.24) is 0 Å². The van der Waals surface area contributed by atoms with E-state index < -0.39 is 0 Å². The van der Waals surface area contributed by atoms with Crippen molar-refractivity contribution < 1.29 is 0 Å². The molecule has 0 aliphatic rings. The Morgan fingerprint density at radius 1 is 1.25 bits per heavy atom. The molecule has 0 aliphatic carbocycles. The van der Waals surface area contributed by atoms with Crippen LogP contribution in [0.5, 0.6) is 0 Å². The minimum atomic E-state index is 1.13. The van der Waals surface area contributed by atoms with Crippen molar-refractivity contribution in [3.05, 3.63) is 50.1 Å². The molecule has 68 valence electrons. The van der Waals surface area contributed by atoms with Crippen molar-refractivity contribution in [3.8, 4) is 0 Å². The molecule has 0 atom stereocenters. The molecule has 0 aromatic rings. The zero-order valence-electron chi connectivity index (χ0n) is 8.18. The molecule has 0 aromatic heterocycles. The highest BCUT2D eigenvalue weighted by molar-refractivity contribution is 5.20. The first kappa shape index (κ1) is 13.5. The molecule has 0 unspecified atom stereocenters. The summed E-state index contributed by atoms with van der Waals surface area (Å²) in [5.41, 5.74) is 1.29. The number of hydrogen-bond acceptors (Lipinski definition) is 0. The Bertz CT molecular complexity index is 140. The minimum Gasteiger partial charge on any atom is -0.106 e. The molecule has 0 amide bonds. The van der Waals surface area contributed by atoms with Gasteiger partial charge < -0.3 is 0 Å². The van der Waals surface area contributed by atoms with Gasteiger partial charge in [-0.3, -0.25) is 0 Å². The fraction of sp³-hybridized carbons (Fsp3) is 0.333. The number of allylic oxidation sites excluding steroid dienone is 4. The Morgan fingerprint density at radius 2 is 1.83 bits per heavy atom. The van der Waals surface area contributed by atoms with E-state index in [4.69, 9.17) is 0 Å². The number of rotatable bonds is 5. The summed E-state index contributed by atoms with van der Waals surface area (Å²) in [6.07, 6.45) is 9.34. The van der Waals surface area contributed by atoms with E-state index in [0.717, 1.165) is 6.42 Å². The summed E-state index contributed by atoms with van der Waals surface area (Å²) < 4.78 is 0. The van der Waals surface area contributed by atoms with Crippen LogP contribution in [0, 0.1) is 0 Å². The Kier molecular flexibility index (Phi) is 14.2. The zero-order chi connectivity index (χ0) is 9.82. The van der Waals surface area contributed by atoms with Gasteiger partial charge in [0.15, 0.2) is 0 Å². The van der Waals surface area contributed by atoms with Crippen molar-refractivity contribution in [2.24, 2.45) is 0 Å². The standard InChI is InChI=1S/C10H16.C2H4/c1-4-7-9-10(6-3)8-5-2;1-2/h5-6,8H,2-4,7,9H2,1H3;1-2H2/b10-8+;. The first-order valence-electron chi connectivity index (χ1n) is 4.29. The third kappa shape index (κ3) is 8.96. The molecule has 0 bridgehead atoms. The van der Waals surface area contributed by atoms with Crippen molar-refractivity contribution in [2.45, 2.75) is 26.2 Å². The summed E-state index contributed by atoms with van der Waals surface area (Å²) in [7, 11) is 0. The van der Waals surface area contributed by atoms with Crippen LogP contribution in [0.25, 0.3) is 0 Å². The predicted octanol–water partition coefficient (Wildman–Crippen LogP) is 4.28. The average Bonchev–Trinajstić information content (AvgIpc) is 2.15. The van der Waals surface area contributed by atoms with Crippen LogP contribution in [0.4, 0.5) is 0 Å². The summed E-state index contributed by atoms with van der Waals surface area (Å²) in [5, 5.41) is 0. The summed E-state index contributed by atoms with van der Waals surface area (Å²) in [6, 6.07) is 0. The fourth-order valence-electron chi connectivity index (χ4n) is 0.786. The van der Waals surface area contributed by atoms with Gasteiger partial charge in [0.1, 0.15) is 0 Å². The fourth-order valence-corrected chi connectivity index (χ4v) is 0.786. The molecule has 12 heavy (non-hydrogen) atoms. The molecule has 0 aromatic carbocycles. The van der Waals surface area contributed by atoms with Gasteiger partial charge in [-0.25, -0.2) is 0 Å². The van der Waals surface area contributed by atoms with Gasteiger partial charge in [-0.1, -0.05) is 44.7 Å². The molecule has 0 saturated heterocycles. The normalized spacial score (nSPS) is 9.58. The summed E-state index contributed by atoms with van der Waals surface area (Å²) in [5.74, 6) is 0. The molecule has 0 N–H and O–H groups in total. The van der Waals surface area contributed by atoms with Gasteiger partial charge in [0.25, 0.3) is 0 Å². The Morgan fingerprint density at radius 3 is 2.17 bits per heavy atom. The molecule has 0 fully saturated rings. The van der Waals surface area contributed by atoms with Crippen LogP contribution in [-0.2, 0) is 0 Å². The first-order chi connectivity index (χ1) is 5.85. The topological polar surface area (TPSA) is 0 Å². The van der Waals surface area contributed by atoms with Gasteiger partial charge in [0, 0.05) is 0 Å². The molecule has 0 rings (SSSR count). The van der Waals surface area contributed by atoms with Gasteiger partial charge in [-0.2, -0.15) is 0 Å². The van der Waals surface area contributed by atoms with Crippen molar-refractivity contribution in [2.75, 3.05) is 0 Å². The smallest absolute Gasteiger partial charge is 0.0279 e. The van der Waals surface area contributed by atoms with E-state index in [0.29, 0.717) is 0 Å². The average molecular weight is 164 g/mol. The van der Waals surface area contributed by atoms with E-state index in [-0.39, 0.29) is 0 Å². The minimum absolute atomic E-state index is 1.13. The van der Waals surface area contributed by atoms with Crippen LogP contribution in [0.1, 0.15) is 26.2 Å². The summed E-state index contributed by atoms with van der Waals surface area (Å²) >= 11 is 0. The highest BCUT2D eigenvalue weighted by atomic mass is 13.9. The Hall–Kier alpha value is -1.04. The van der Waals surface area contributed by atoms with Crippen LogP contribution in [0.15, 0.2) is 50.1 Å². The van der Waals surface area contributed by atoms with Crippen molar-refractivity contribution in [3.63, 3.8) is 0 Å². The van der Waals surface area contributed by atoms with Gasteiger partial charge in [-0.05, 0) is 18.4 Å². The molecule has 0 spiro atoms. The lowest BCUT2D eigenvalue weighted by Gasteiger charge is -1.96. The van der Waals surface area contributed by atoms with Gasteiger partial charge in [0.05, 0.1) is 0 Å². The first-order valence-corrected chi connectivity index (χ1v) is 4.29. The van der Waals surface area contributed by atoms with Crippen LogP contribution < -0.4 is 0 Å². The lowest BCUT2D eigenvalue weighted by Crippen LogP contribution is -1.76. The van der Waals surface area contributed by atoms with Gasteiger partial charge >= 0.3 is 0 Å². The molecular formula is C12H20. The monoisotopic (exact) mass is 164 g/mol. The van der Waals surface area contributed by atoms with Crippen LogP contribution in [-0.4, -0.2) is 0 Å². The van der Waals surface area contributed by atoms with Crippen molar-refractivity contribution in [1.29, 1.82) is 0 Å². The molecule has 0 nitrogen and oxygen atoms in total. The van der Waals surface area contributed by atoms with Crippen LogP contribution in [0.2, 0.25) is 0 Å². The van der Waals surface area contributed by atoms with Gasteiger partial charge in [0.2, 0.25) is 0 Å². The highest BCUT2D eigenvalue weighted by Gasteiger charge is 1.87. The number of unbranched alkanes of at least 4 members (excludes halogenated alkanes) is 1. The van der Waals surface area contributed by atoms with Crippen molar-refractivity contribution >= 4 is 0 Å². The molecule has 0 aliphatic heterocycles. The summed E-state index contributed by atoms with van der Waals surface area (Å²) in [6.45, 7) is 15.5. The molecular weight excluding hydrogens is 144 g/mol. The third-order valence-electron chi connectivity index (χ3n) is 1.41. The van der Waals surface area contributed by atoms with E-state index in [1.54, 1.807) is 0 Å². The van der Waals surface area contributed by atoms with Crippen LogP contribution >= 0.6 is 0 Å². The highest BCUT2D eigenvalue weighted by Crippen LogP contribution is 2.07.